The van der Waals surface area contributed by atoms with Gasteiger partial charge in [-0.2, -0.15) is 0 Å². The summed E-state index contributed by atoms with van der Waals surface area (Å²) < 4.78 is 5.87. The highest BCUT2D eigenvalue weighted by Crippen LogP contribution is 2.28. The van der Waals surface area contributed by atoms with Crippen LogP contribution in [0.1, 0.15) is 23.7 Å². The van der Waals surface area contributed by atoms with Crippen LogP contribution in [0.25, 0.3) is 0 Å². The van der Waals surface area contributed by atoms with Crippen molar-refractivity contribution in [1.82, 2.24) is 0 Å². The summed E-state index contributed by atoms with van der Waals surface area (Å²) in [5, 5.41) is 8.83. The number of halogens is 1. The number of benzene rings is 1. The minimum absolute atomic E-state index is 0.221. The monoisotopic (exact) mass is 258 g/mol. The van der Waals surface area contributed by atoms with Crippen LogP contribution in [0, 0.1) is 0 Å². The molecule has 76 valence electrons. The Bertz CT molecular complexity index is 336. The number of ether oxygens (including phenoxy) is 1. The number of rotatable bonds is 4. The van der Waals surface area contributed by atoms with Crippen LogP contribution in [-0.2, 0) is 0 Å². The quantitative estimate of drug-likeness (QED) is 0.904. The summed E-state index contributed by atoms with van der Waals surface area (Å²) in [6.07, 6.45) is 0.893. The van der Waals surface area contributed by atoms with Gasteiger partial charge in [-0.05, 0) is 34.5 Å². The summed E-state index contributed by atoms with van der Waals surface area (Å²) >= 11 is 3.21. The molecule has 14 heavy (non-hydrogen) atoms. The molecule has 0 bridgehead atoms. The molecule has 0 amide bonds. The summed E-state index contributed by atoms with van der Waals surface area (Å²) in [6.45, 7) is 2.58. The first-order valence-electron chi connectivity index (χ1n) is 4.31. The van der Waals surface area contributed by atoms with E-state index in [1.54, 1.807) is 12.1 Å². The van der Waals surface area contributed by atoms with Crippen molar-refractivity contribution in [2.45, 2.75) is 13.3 Å². The number of carbonyl (C=O) groups is 1. The van der Waals surface area contributed by atoms with Gasteiger partial charge in [-0.25, -0.2) is 4.79 Å². The molecular weight excluding hydrogens is 248 g/mol. The van der Waals surface area contributed by atoms with Gasteiger partial charge in [0.1, 0.15) is 5.75 Å². The highest BCUT2D eigenvalue weighted by Gasteiger charge is 2.11. The maximum absolute atomic E-state index is 10.8. The van der Waals surface area contributed by atoms with Crippen molar-refractivity contribution in [3.05, 3.63) is 28.2 Å². The summed E-state index contributed by atoms with van der Waals surface area (Å²) in [6, 6.07) is 4.94. The van der Waals surface area contributed by atoms with Gasteiger partial charge in [0, 0.05) is 0 Å². The van der Waals surface area contributed by atoms with Gasteiger partial charge in [-0.1, -0.05) is 13.0 Å². The lowest BCUT2D eigenvalue weighted by atomic mass is 10.2. The number of aromatic carboxylic acids is 1. The third-order valence-electron chi connectivity index (χ3n) is 1.66. The van der Waals surface area contributed by atoms with E-state index >= 15 is 0 Å². The van der Waals surface area contributed by atoms with Crippen molar-refractivity contribution in [3.8, 4) is 5.75 Å². The lowest BCUT2D eigenvalue weighted by Gasteiger charge is -2.08. The molecule has 0 heterocycles. The predicted molar refractivity (Wildman–Crippen MR) is 56.9 cm³/mol. The first-order valence-corrected chi connectivity index (χ1v) is 5.10. The Morgan fingerprint density at radius 2 is 2.29 bits per heavy atom. The molecule has 0 spiro atoms. The second-order valence-corrected chi connectivity index (χ2v) is 3.56. The van der Waals surface area contributed by atoms with Crippen molar-refractivity contribution in [1.29, 1.82) is 0 Å². The van der Waals surface area contributed by atoms with E-state index in [-0.39, 0.29) is 5.56 Å². The second-order valence-electron chi connectivity index (χ2n) is 2.77. The van der Waals surface area contributed by atoms with Crippen LogP contribution in [0.4, 0.5) is 0 Å². The normalized spacial score (nSPS) is 9.86. The molecule has 0 saturated carbocycles. The molecule has 4 heteroatoms. The standard InChI is InChI=1S/C10H11BrO3/c1-2-6-14-8-5-3-4-7(9(8)11)10(12)13/h3-5H,2,6H2,1H3,(H,12,13). The molecule has 0 atom stereocenters. The molecule has 0 aliphatic carbocycles. The maximum Gasteiger partial charge on any atom is 0.336 e. The Kier molecular flexibility index (Phi) is 3.95. The third-order valence-corrected chi connectivity index (χ3v) is 2.47. The molecular formula is C10H11BrO3. The van der Waals surface area contributed by atoms with Gasteiger partial charge < -0.3 is 9.84 Å². The number of hydrogen-bond acceptors (Lipinski definition) is 2. The topological polar surface area (TPSA) is 46.5 Å². The van der Waals surface area contributed by atoms with Crippen molar-refractivity contribution < 1.29 is 14.6 Å². The highest BCUT2D eigenvalue weighted by molar-refractivity contribution is 9.10. The summed E-state index contributed by atoms with van der Waals surface area (Å²) in [5.41, 5.74) is 0.221. The zero-order chi connectivity index (χ0) is 10.6. The van der Waals surface area contributed by atoms with E-state index in [4.69, 9.17) is 9.84 Å². The fraction of sp³-hybridized carbons (Fsp3) is 0.300. The number of carboxylic acid groups (broad SMARTS) is 1. The molecule has 1 N–H and O–H groups in total. The molecule has 0 aliphatic heterocycles. The largest absolute Gasteiger partial charge is 0.492 e. The zero-order valence-electron chi connectivity index (χ0n) is 7.79. The minimum atomic E-state index is -0.959. The lowest BCUT2D eigenvalue weighted by molar-refractivity contribution is 0.0695. The van der Waals surface area contributed by atoms with E-state index in [1.165, 1.54) is 6.07 Å². The molecule has 3 nitrogen and oxygen atoms in total. The minimum Gasteiger partial charge on any atom is -0.492 e. The molecule has 0 saturated heterocycles. The van der Waals surface area contributed by atoms with Gasteiger partial charge in [0.2, 0.25) is 0 Å². The maximum atomic E-state index is 10.8. The van der Waals surface area contributed by atoms with Gasteiger partial charge in [-0.15, -0.1) is 0 Å². The molecule has 1 aromatic carbocycles. The van der Waals surface area contributed by atoms with Crippen LogP contribution in [0.15, 0.2) is 22.7 Å². The van der Waals surface area contributed by atoms with Crippen LogP contribution < -0.4 is 4.74 Å². The van der Waals surface area contributed by atoms with Gasteiger partial charge in [0.15, 0.2) is 0 Å². The number of carboxylic acids is 1. The third kappa shape index (κ3) is 2.48. The highest BCUT2D eigenvalue weighted by atomic mass is 79.9. The summed E-state index contributed by atoms with van der Waals surface area (Å²) in [4.78, 5) is 10.8. The Morgan fingerprint density at radius 1 is 1.57 bits per heavy atom. The van der Waals surface area contributed by atoms with Crippen molar-refractivity contribution in [3.63, 3.8) is 0 Å². The molecule has 1 rings (SSSR count). The average Bonchev–Trinajstić information content (AvgIpc) is 2.16. The van der Waals surface area contributed by atoms with Crippen LogP contribution in [0.5, 0.6) is 5.75 Å². The summed E-state index contributed by atoms with van der Waals surface area (Å²) in [5.74, 6) is -0.384. The molecule has 0 aromatic heterocycles. The first-order chi connectivity index (χ1) is 6.66. The van der Waals surface area contributed by atoms with Crippen molar-refractivity contribution in [2.24, 2.45) is 0 Å². The van der Waals surface area contributed by atoms with Gasteiger partial charge in [-0.3, -0.25) is 0 Å². The van der Waals surface area contributed by atoms with Crippen molar-refractivity contribution in [2.75, 3.05) is 6.61 Å². The average molecular weight is 259 g/mol. The van der Waals surface area contributed by atoms with Crippen LogP contribution in [0.3, 0.4) is 0 Å². The molecule has 0 unspecified atom stereocenters. The fourth-order valence-corrected chi connectivity index (χ4v) is 1.55. The van der Waals surface area contributed by atoms with Gasteiger partial charge in [0.05, 0.1) is 16.6 Å². The van der Waals surface area contributed by atoms with Crippen LogP contribution in [-0.4, -0.2) is 17.7 Å². The van der Waals surface area contributed by atoms with E-state index in [2.05, 4.69) is 15.9 Å². The molecule has 0 radical (unpaired) electrons. The second kappa shape index (κ2) is 5.00. The predicted octanol–water partition coefficient (Wildman–Crippen LogP) is 2.94. The van der Waals surface area contributed by atoms with E-state index in [0.29, 0.717) is 16.8 Å². The fourth-order valence-electron chi connectivity index (χ4n) is 0.999. The van der Waals surface area contributed by atoms with E-state index in [9.17, 15) is 4.79 Å². The van der Waals surface area contributed by atoms with E-state index < -0.39 is 5.97 Å². The van der Waals surface area contributed by atoms with Crippen LogP contribution >= 0.6 is 15.9 Å². The Balaban J connectivity index is 2.95. The Labute approximate surface area is 90.8 Å². The number of hydrogen-bond donors (Lipinski definition) is 1. The SMILES string of the molecule is CCCOc1cccc(C(=O)O)c1Br. The van der Waals surface area contributed by atoms with E-state index in [0.717, 1.165) is 6.42 Å². The van der Waals surface area contributed by atoms with Gasteiger partial charge in [0.25, 0.3) is 0 Å². The molecule has 1 aromatic rings. The van der Waals surface area contributed by atoms with Crippen LogP contribution in [0.2, 0.25) is 0 Å². The van der Waals surface area contributed by atoms with E-state index in [1.807, 2.05) is 6.92 Å². The molecule has 0 fully saturated rings. The van der Waals surface area contributed by atoms with Gasteiger partial charge >= 0.3 is 5.97 Å². The smallest absolute Gasteiger partial charge is 0.336 e. The lowest BCUT2D eigenvalue weighted by Crippen LogP contribution is -2.01. The Morgan fingerprint density at radius 3 is 2.86 bits per heavy atom. The first kappa shape index (κ1) is 11.0. The van der Waals surface area contributed by atoms with Crippen molar-refractivity contribution >= 4 is 21.9 Å². The molecule has 0 aliphatic rings. The Hall–Kier alpha value is -1.03. The summed E-state index contributed by atoms with van der Waals surface area (Å²) in [7, 11) is 0. The zero-order valence-corrected chi connectivity index (χ0v) is 9.37.